The van der Waals surface area contributed by atoms with E-state index >= 15 is 0 Å². The van der Waals surface area contributed by atoms with Gasteiger partial charge in [0.05, 0.1) is 11.0 Å². The summed E-state index contributed by atoms with van der Waals surface area (Å²) in [6.07, 6.45) is 8.07. The molecule has 0 spiro atoms. The topological polar surface area (TPSA) is 14.2 Å². The Morgan fingerprint density at radius 2 is 1.71 bits per heavy atom. The molecule has 0 N–H and O–H groups in total. The van der Waals surface area contributed by atoms with Gasteiger partial charge in [0.25, 0.3) is 0 Å². The summed E-state index contributed by atoms with van der Waals surface area (Å²) >= 11 is 0. The fourth-order valence-corrected chi connectivity index (χ4v) is 4.77. The van der Waals surface area contributed by atoms with Crippen molar-refractivity contribution in [3.63, 3.8) is 0 Å². The molecule has 2 heterocycles. The van der Waals surface area contributed by atoms with E-state index in [1.165, 1.54) is 27.1 Å². The van der Waals surface area contributed by atoms with Gasteiger partial charge >= 0.3 is 0 Å². The van der Waals surface area contributed by atoms with Crippen molar-refractivity contribution >= 4 is 38.3 Å². The third kappa shape index (κ3) is 2.45. The summed E-state index contributed by atoms with van der Waals surface area (Å²) in [6, 6.07) is 25.6. The van der Waals surface area contributed by atoms with Crippen LogP contribution in [0.3, 0.4) is 0 Å². The Labute approximate surface area is 181 Å². The predicted octanol–water partition coefficient (Wildman–Crippen LogP) is 8.32. The molecular weight excluding hydrogens is 378 g/mol. The molecule has 0 aliphatic carbocycles. The summed E-state index contributed by atoms with van der Waals surface area (Å²) in [5.41, 5.74) is 5.56. The monoisotopic (exact) mass is 399 g/mol. The van der Waals surface area contributed by atoms with Gasteiger partial charge in [-0.25, -0.2) is 0 Å². The number of ether oxygens (including phenoxy) is 1. The molecule has 0 saturated heterocycles. The quantitative estimate of drug-likeness (QED) is 0.273. The van der Waals surface area contributed by atoms with E-state index in [4.69, 9.17) is 4.74 Å². The normalized spacial score (nSPS) is 13.1. The third-order valence-corrected chi connectivity index (χ3v) is 6.09. The van der Waals surface area contributed by atoms with E-state index in [9.17, 15) is 0 Å². The molecule has 2 nitrogen and oxygen atoms in total. The van der Waals surface area contributed by atoms with Crippen LogP contribution in [-0.2, 0) is 0 Å². The van der Waals surface area contributed by atoms with Crippen molar-refractivity contribution < 1.29 is 4.74 Å². The molecule has 0 amide bonds. The summed E-state index contributed by atoms with van der Waals surface area (Å²) in [6.45, 7) is 6.12. The van der Waals surface area contributed by atoms with Crippen LogP contribution >= 0.6 is 0 Å². The van der Waals surface area contributed by atoms with Crippen LogP contribution in [0.5, 0.6) is 11.5 Å². The largest absolute Gasteiger partial charge is 0.454 e. The first-order valence-corrected chi connectivity index (χ1v) is 10.5. The van der Waals surface area contributed by atoms with Crippen LogP contribution in [0.25, 0.3) is 49.4 Å². The Morgan fingerprint density at radius 3 is 2.55 bits per heavy atom. The Kier molecular flexibility index (Phi) is 3.87. The highest BCUT2D eigenvalue weighted by Crippen LogP contribution is 2.51. The van der Waals surface area contributed by atoms with Crippen molar-refractivity contribution in [3.05, 3.63) is 104 Å². The van der Waals surface area contributed by atoms with E-state index in [1.54, 1.807) is 0 Å². The molecule has 0 bridgehead atoms. The second kappa shape index (κ2) is 6.75. The van der Waals surface area contributed by atoms with Crippen LogP contribution in [-0.4, -0.2) is 4.57 Å². The van der Waals surface area contributed by atoms with Gasteiger partial charge in [-0.1, -0.05) is 73.3 Å². The molecule has 148 valence electrons. The maximum Gasteiger partial charge on any atom is 0.159 e. The molecule has 1 aliphatic heterocycles. The Balaban J connectivity index is 1.80. The van der Waals surface area contributed by atoms with E-state index in [0.29, 0.717) is 0 Å². The minimum atomic E-state index is 0.896. The highest BCUT2D eigenvalue weighted by atomic mass is 16.5. The van der Waals surface area contributed by atoms with Crippen LogP contribution in [0.15, 0.2) is 104 Å². The lowest BCUT2D eigenvalue weighted by atomic mass is 9.94. The van der Waals surface area contributed by atoms with E-state index in [1.807, 2.05) is 25.2 Å². The molecule has 5 aromatic rings. The van der Waals surface area contributed by atoms with Gasteiger partial charge < -0.3 is 9.30 Å². The standard InChI is InChI=1S/C29H21NO/c1-3-5-12-20(4-2)30-25-15-7-6-13-21(25)23-17-18-24-22-14-8-10-19-11-9-16-26(27(19)22)31-29(24)28(23)30/h3-18H,2H2,1H3/b5-3-,20-12+. The van der Waals surface area contributed by atoms with E-state index in [2.05, 4.69) is 90.0 Å². The zero-order valence-electron chi connectivity index (χ0n) is 17.3. The lowest BCUT2D eigenvalue weighted by Crippen LogP contribution is -2.01. The van der Waals surface area contributed by atoms with E-state index in [0.717, 1.165) is 33.8 Å². The third-order valence-electron chi connectivity index (χ3n) is 6.09. The van der Waals surface area contributed by atoms with Crippen molar-refractivity contribution in [3.8, 4) is 22.6 Å². The van der Waals surface area contributed by atoms with Gasteiger partial charge in [-0.2, -0.15) is 0 Å². The summed E-state index contributed by atoms with van der Waals surface area (Å²) in [4.78, 5) is 0. The van der Waals surface area contributed by atoms with E-state index in [-0.39, 0.29) is 0 Å². The summed E-state index contributed by atoms with van der Waals surface area (Å²) in [7, 11) is 0. The van der Waals surface area contributed by atoms with Crippen molar-refractivity contribution in [2.75, 3.05) is 0 Å². The van der Waals surface area contributed by atoms with Crippen LogP contribution < -0.4 is 4.74 Å². The first kappa shape index (κ1) is 17.8. The van der Waals surface area contributed by atoms with Crippen LogP contribution in [0, 0.1) is 0 Å². The highest BCUT2D eigenvalue weighted by molar-refractivity contribution is 6.16. The van der Waals surface area contributed by atoms with Gasteiger partial charge in [0.2, 0.25) is 0 Å². The highest BCUT2D eigenvalue weighted by Gasteiger charge is 2.25. The van der Waals surface area contributed by atoms with Crippen molar-refractivity contribution in [2.24, 2.45) is 0 Å². The molecular formula is C29H21NO. The lowest BCUT2D eigenvalue weighted by Gasteiger charge is -2.23. The van der Waals surface area contributed by atoms with Gasteiger partial charge in [-0.3, -0.25) is 0 Å². The smallest absolute Gasteiger partial charge is 0.159 e. The van der Waals surface area contributed by atoms with Crippen molar-refractivity contribution in [1.29, 1.82) is 0 Å². The molecule has 1 aromatic heterocycles. The SMILES string of the molecule is C=C/C(=C\C=C/C)n1c2ccccc2c2ccc3c(c21)Oc1cccc2cccc-3c12. The first-order valence-electron chi connectivity index (χ1n) is 10.5. The number of rotatable bonds is 3. The summed E-state index contributed by atoms with van der Waals surface area (Å²) in [5.74, 6) is 1.80. The maximum absolute atomic E-state index is 6.63. The molecule has 0 fully saturated rings. The summed E-state index contributed by atoms with van der Waals surface area (Å²) in [5, 5.41) is 4.75. The van der Waals surface area contributed by atoms with Crippen molar-refractivity contribution in [1.82, 2.24) is 4.57 Å². The molecule has 1 aliphatic rings. The number of allylic oxidation sites excluding steroid dienone is 5. The fourth-order valence-electron chi connectivity index (χ4n) is 4.77. The van der Waals surface area contributed by atoms with Crippen LogP contribution in [0.4, 0.5) is 0 Å². The van der Waals surface area contributed by atoms with Crippen molar-refractivity contribution in [2.45, 2.75) is 6.92 Å². The Morgan fingerprint density at radius 1 is 0.871 bits per heavy atom. The number of benzene rings is 4. The van der Waals surface area contributed by atoms with Gasteiger partial charge in [-0.05, 0) is 48.2 Å². The predicted molar refractivity (Wildman–Crippen MR) is 132 cm³/mol. The van der Waals surface area contributed by atoms with Crippen LogP contribution in [0.2, 0.25) is 0 Å². The van der Waals surface area contributed by atoms with Gasteiger partial charge in [-0.15, -0.1) is 0 Å². The number of aromatic nitrogens is 1. The minimum absolute atomic E-state index is 0.896. The first-order chi connectivity index (χ1) is 15.3. The maximum atomic E-state index is 6.63. The average Bonchev–Trinajstić information content (AvgIpc) is 3.15. The molecule has 4 aromatic carbocycles. The Bertz CT molecular complexity index is 1570. The molecule has 0 atom stereocenters. The lowest BCUT2D eigenvalue weighted by molar-refractivity contribution is 0.491. The summed E-state index contributed by atoms with van der Waals surface area (Å²) < 4.78 is 8.90. The number of para-hydroxylation sites is 1. The number of hydrogen-bond acceptors (Lipinski definition) is 1. The number of fused-ring (bicyclic) bond motifs is 6. The minimum Gasteiger partial charge on any atom is -0.454 e. The zero-order chi connectivity index (χ0) is 20.9. The second-order valence-electron chi connectivity index (χ2n) is 7.77. The molecule has 0 radical (unpaired) electrons. The molecule has 6 rings (SSSR count). The number of nitrogens with zero attached hydrogens (tertiary/aromatic N) is 1. The average molecular weight is 399 g/mol. The molecule has 31 heavy (non-hydrogen) atoms. The molecule has 2 heteroatoms. The number of hydrogen-bond donors (Lipinski definition) is 0. The zero-order valence-corrected chi connectivity index (χ0v) is 17.3. The molecule has 0 saturated carbocycles. The second-order valence-corrected chi connectivity index (χ2v) is 7.77. The van der Waals surface area contributed by atoms with Crippen LogP contribution in [0.1, 0.15) is 6.92 Å². The van der Waals surface area contributed by atoms with Gasteiger partial charge in [0.15, 0.2) is 5.75 Å². The van der Waals surface area contributed by atoms with Gasteiger partial charge in [0, 0.05) is 27.4 Å². The fraction of sp³-hybridized carbons (Fsp3) is 0.0345. The van der Waals surface area contributed by atoms with E-state index < -0.39 is 0 Å². The van der Waals surface area contributed by atoms with Gasteiger partial charge in [0.1, 0.15) is 5.75 Å². The Hall–Kier alpha value is -4.04. The molecule has 0 unspecified atom stereocenters.